The summed E-state index contributed by atoms with van der Waals surface area (Å²) >= 11 is 0. The molecule has 0 bridgehead atoms. The van der Waals surface area contributed by atoms with Crippen LogP contribution in [-0.2, 0) is 32.5 Å². The molecule has 0 unspecified atom stereocenters. The maximum atomic E-state index is 2.56. The fourth-order valence-corrected chi connectivity index (χ4v) is 9.78. The van der Waals surface area contributed by atoms with Crippen LogP contribution in [0, 0.1) is 0 Å². The van der Waals surface area contributed by atoms with E-state index in [1.54, 1.807) is 0 Å². The van der Waals surface area contributed by atoms with E-state index in [1.165, 1.54) is 89.1 Å². The maximum absolute atomic E-state index is 2.56. The second-order valence-electron chi connectivity index (χ2n) is 24.9. The number of anilines is 3. The summed E-state index contributed by atoms with van der Waals surface area (Å²) in [5, 5.41) is 0. The molecule has 0 amide bonds. The predicted octanol–water partition coefficient (Wildman–Crippen LogP) is 19.0. The van der Waals surface area contributed by atoms with E-state index in [4.69, 9.17) is 0 Å². The molecular formula is C65H75N. The van der Waals surface area contributed by atoms with Crippen molar-refractivity contribution in [2.75, 3.05) is 4.90 Å². The van der Waals surface area contributed by atoms with Gasteiger partial charge in [0.2, 0.25) is 0 Å². The van der Waals surface area contributed by atoms with E-state index in [1.807, 2.05) is 0 Å². The molecule has 0 spiro atoms. The number of nitrogens with zero attached hydrogens (tertiary/aromatic N) is 1. The molecule has 7 aromatic rings. The van der Waals surface area contributed by atoms with E-state index >= 15 is 0 Å². The van der Waals surface area contributed by atoms with Crippen molar-refractivity contribution in [3.05, 3.63) is 185 Å². The Balaban J connectivity index is 1.49. The fourth-order valence-electron chi connectivity index (χ4n) is 9.78. The molecule has 1 aliphatic rings. The van der Waals surface area contributed by atoms with Crippen LogP contribution in [0.15, 0.2) is 146 Å². The number of hydrogen-bond acceptors (Lipinski definition) is 1. The number of benzene rings is 7. The Morgan fingerprint density at radius 2 is 0.773 bits per heavy atom. The van der Waals surface area contributed by atoms with Crippen molar-refractivity contribution in [3.63, 3.8) is 0 Å². The second kappa shape index (κ2) is 16.3. The summed E-state index contributed by atoms with van der Waals surface area (Å²) in [5.41, 5.74) is 22.6. The molecule has 7 aromatic carbocycles. The minimum atomic E-state index is -0.147. The van der Waals surface area contributed by atoms with E-state index in [0.717, 1.165) is 11.4 Å². The van der Waals surface area contributed by atoms with Gasteiger partial charge >= 0.3 is 0 Å². The van der Waals surface area contributed by atoms with E-state index in [0.29, 0.717) is 0 Å². The summed E-state index contributed by atoms with van der Waals surface area (Å²) in [6.07, 6.45) is 0. The smallest absolute Gasteiger partial charge is 0.0549 e. The second-order valence-corrected chi connectivity index (χ2v) is 24.9. The van der Waals surface area contributed by atoms with Crippen LogP contribution in [0.2, 0.25) is 0 Å². The molecule has 0 radical (unpaired) electrons. The van der Waals surface area contributed by atoms with Gasteiger partial charge < -0.3 is 4.90 Å². The van der Waals surface area contributed by atoms with Gasteiger partial charge in [0, 0.05) is 22.4 Å². The molecule has 0 atom stereocenters. The largest absolute Gasteiger partial charge is 0.310 e. The first-order valence-electron chi connectivity index (χ1n) is 24.3. The zero-order chi connectivity index (χ0) is 47.9. The summed E-state index contributed by atoms with van der Waals surface area (Å²) in [7, 11) is 0. The Kier molecular flexibility index (Phi) is 11.6. The Morgan fingerprint density at radius 1 is 0.318 bits per heavy atom. The zero-order valence-electron chi connectivity index (χ0n) is 43.3. The van der Waals surface area contributed by atoms with E-state index < -0.39 is 0 Å². The monoisotopic (exact) mass is 870 g/mol. The molecule has 1 nitrogen and oxygen atoms in total. The van der Waals surface area contributed by atoms with Crippen LogP contribution in [0.5, 0.6) is 0 Å². The van der Waals surface area contributed by atoms with Gasteiger partial charge in [0.25, 0.3) is 0 Å². The molecule has 0 heterocycles. The van der Waals surface area contributed by atoms with Crippen LogP contribution in [-0.4, -0.2) is 0 Å². The molecule has 66 heavy (non-hydrogen) atoms. The summed E-state index contributed by atoms with van der Waals surface area (Å²) in [6, 6.07) is 56.5. The third kappa shape index (κ3) is 8.96. The lowest BCUT2D eigenvalue weighted by Crippen LogP contribution is -2.19. The molecule has 340 valence electrons. The van der Waals surface area contributed by atoms with Crippen molar-refractivity contribution in [1.82, 2.24) is 0 Å². The minimum absolute atomic E-state index is 0.000992. The average Bonchev–Trinajstić information content (AvgIpc) is 3.47. The Bertz CT molecular complexity index is 2890. The molecule has 0 aromatic heterocycles. The van der Waals surface area contributed by atoms with Crippen LogP contribution >= 0.6 is 0 Å². The quantitative estimate of drug-likeness (QED) is 0.161. The van der Waals surface area contributed by atoms with Gasteiger partial charge in [-0.1, -0.05) is 221 Å². The SMILES string of the molecule is CC(C)(C)c1ccc(N(c2ccc3c(c2)C(C)(C)c2ccccc2-3)c2cc(C(C)(C)C)cc(-c3cc(-c4cc(C(C)(C)C)cc(C(C)(C)C)c4)cc(C(C)(C)C)c3)c2-c2ccccc2)cc1. The van der Waals surface area contributed by atoms with Gasteiger partial charge in [0.1, 0.15) is 0 Å². The number of fused-ring (bicyclic) bond motifs is 3. The fraction of sp³-hybridized carbons (Fsp3) is 0.354. The van der Waals surface area contributed by atoms with Crippen LogP contribution in [0.3, 0.4) is 0 Å². The van der Waals surface area contributed by atoms with Crippen LogP contribution in [0.25, 0.3) is 44.5 Å². The van der Waals surface area contributed by atoms with Crippen molar-refractivity contribution >= 4 is 17.1 Å². The van der Waals surface area contributed by atoms with Crippen molar-refractivity contribution in [3.8, 4) is 44.5 Å². The summed E-state index contributed by atoms with van der Waals surface area (Å²) in [5.74, 6) is 0. The van der Waals surface area contributed by atoms with Crippen LogP contribution in [0.4, 0.5) is 17.1 Å². The van der Waals surface area contributed by atoms with Crippen molar-refractivity contribution < 1.29 is 0 Å². The van der Waals surface area contributed by atoms with Crippen LogP contribution < -0.4 is 4.90 Å². The average molecular weight is 870 g/mol. The van der Waals surface area contributed by atoms with Crippen molar-refractivity contribution in [2.45, 2.75) is 150 Å². The number of hydrogen-bond donors (Lipinski definition) is 0. The highest BCUT2D eigenvalue weighted by Crippen LogP contribution is 2.53. The first-order valence-corrected chi connectivity index (χ1v) is 24.3. The molecule has 1 aliphatic carbocycles. The van der Waals surface area contributed by atoms with E-state index in [9.17, 15) is 0 Å². The third-order valence-corrected chi connectivity index (χ3v) is 14.2. The van der Waals surface area contributed by atoms with Crippen LogP contribution in [0.1, 0.15) is 157 Å². The zero-order valence-corrected chi connectivity index (χ0v) is 43.3. The van der Waals surface area contributed by atoms with Gasteiger partial charge in [-0.3, -0.25) is 0 Å². The maximum Gasteiger partial charge on any atom is 0.0549 e. The minimum Gasteiger partial charge on any atom is -0.310 e. The Labute approximate surface area is 399 Å². The molecule has 0 saturated heterocycles. The summed E-state index contributed by atoms with van der Waals surface area (Å²) in [4.78, 5) is 2.56. The lowest BCUT2D eigenvalue weighted by molar-refractivity contribution is 0.569. The highest BCUT2D eigenvalue weighted by Gasteiger charge is 2.36. The summed E-state index contributed by atoms with van der Waals surface area (Å²) < 4.78 is 0. The first kappa shape index (κ1) is 46.9. The van der Waals surface area contributed by atoms with Gasteiger partial charge in [-0.15, -0.1) is 0 Å². The van der Waals surface area contributed by atoms with E-state index in [-0.39, 0.29) is 32.5 Å². The van der Waals surface area contributed by atoms with Crippen molar-refractivity contribution in [2.24, 2.45) is 0 Å². The topological polar surface area (TPSA) is 3.24 Å². The molecule has 0 fully saturated rings. The molecule has 0 aliphatic heterocycles. The molecule has 0 N–H and O–H groups in total. The lowest BCUT2D eigenvalue weighted by Gasteiger charge is -2.33. The van der Waals surface area contributed by atoms with Gasteiger partial charge in [0.05, 0.1) is 5.69 Å². The highest BCUT2D eigenvalue weighted by molar-refractivity contribution is 5.99. The third-order valence-electron chi connectivity index (χ3n) is 14.2. The van der Waals surface area contributed by atoms with Gasteiger partial charge in [-0.25, -0.2) is 0 Å². The molecule has 0 saturated carbocycles. The Morgan fingerprint density at radius 3 is 1.33 bits per heavy atom. The summed E-state index contributed by atoms with van der Waals surface area (Å²) in [6.45, 7) is 39.9. The standard InChI is InChI=1S/C65H75N/c1-60(2,3)46-27-29-51(30-28-46)66(52-31-32-54-53-25-21-22-26-56(53)65(16,17)57(54)41-52)58-40-50(64(13,14)15)39-55(59(58)42-23-19-18-20-24-42)45-33-43(34-47(37-45)61(4,5)6)44-35-48(62(7,8)9)38-49(36-44)63(10,11)12/h18-41H,1-17H3. The predicted molar refractivity (Wildman–Crippen MR) is 288 cm³/mol. The van der Waals surface area contributed by atoms with Gasteiger partial charge in [-0.2, -0.15) is 0 Å². The van der Waals surface area contributed by atoms with E-state index in [2.05, 4.69) is 268 Å². The molecule has 8 rings (SSSR count). The molecular weight excluding hydrogens is 795 g/mol. The lowest BCUT2D eigenvalue weighted by atomic mass is 9.77. The highest BCUT2D eigenvalue weighted by atomic mass is 15.1. The van der Waals surface area contributed by atoms with Crippen molar-refractivity contribution in [1.29, 1.82) is 0 Å². The Hall–Kier alpha value is -5.66. The van der Waals surface area contributed by atoms with Gasteiger partial charge in [-0.05, 0) is 147 Å². The first-order chi connectivity index (χ1) is 30.6. The molecule has 1 heteroatoms. The number of rotatable bonds is 6. The van der Waals surface area contributed by atoms with Gasteiger partial charge in [0.15, 0.2) is 0 Å². The normalized spacial score (nSPS) is 14.0.